The second-order valence-electron chi connectivity index (χ2n) is 4.93. The van der Waals surface area contributed by atoms with E-state index in [1.54, 1.807) is 6.92 Å². The summed E-state index contributed by atoms with van der Waals surface area (Å²) in [7, 11) is 0. The van der Waals surface area contributed by atoms with Crippen molar-refractivity contribution in [2.24, 2.45) is 11.3 Å². The minimum atomic E-state index is -0.330. The predicted octanol–water partition coefficient (Wildman–Crippen LogP) is 2.10. The molecular formula is C12H16N2O2. The van der Waals surface area contributed by atoms with E-state index in [0.29, 0.717) is 23.6 Å². The van der Waals surface area contributed by atoms with Gasteiger partial charge in [0, 0.05) is 11.6 Å². The van der Waals surface area contributed by atoms with E-state index in [4.69, 9.17) is 4.74 Å². The molecule has 0 saturated heterocycles. The molecule has 1 aromatic rings. The van der Waals surface area contributed by atoms with E-state index in [0.717, 1.165) is 11.6 Å². The topological polar surface area (TPSA) is 55.0 Å². The molecule has 2 atom stereocenters. The summed E-state index contributed by atoms with van der Waals surface area (Å²) in [6, 6.07) is 1.85. The maximum atomic E-state index is 11.5. The van der Waals surface area contributed by atoms with Gasteiger partial charge >= 0.3 is 5.97 Å². The van der Waals surface area contributed by atoms with Gasteiger partial charge in [-0.15, -0.1) is 0 Å². The van der Waals surface area contributed by atoms with Crippen molar-refractivity contribution >= 4 is 5.97 Å². The summed E-state index contributed by atoms with van der Waals surface area (Å²) in [4.78, 5) is 11.5. The van der Waals surface area contributed by atoms with Crippen LogP contribution in [0.3, 0.4) is 0 Å². The number of hydrogen-bond donors (Lipinski definition) is 1. The van der Waals surface area contributed by atoms with Gasteiger partial charge in [-0.05, 0) is 37.2 Å². The van der Waals surface area contributed by atoms with Crippen LogP contribution in [0.2, 0.25) is 0 Å². The monoisotopic (exact) mass is 220 g/mol. The third-order valence-corrected chi connectivity index (χ3v) is 4.16. The Kier molecular flexibility index (Phi) is 1.91. The summed E-state index contributed by atoms with van der Waals surface area (Å²) in [6.45, 7) is 4.47. The van der Waals surface area contributed by atoms with Gasteiger partial charge in [-0.1, -0.05) is 6.92 Å². The number of esters is 1. The zero-order chi connectivity index (χ0) is 11.3. The molecule has 2 saturated carbocycles. The van der Waals surface area contributed by atoms with Crippen molar-refractivity contribution in [1.29, 1.82) is 0 Å². The van der Waals surface area contributed by atoms with E-state index in [2.05, 4.69) is 17.1 Å². The van der Waals surface area contributed by atoms with E-state index < -0.39 is 0 Å². The first-order valence-corrected chi connectivity index (χ1v) is 5.91. The van der Waals surface area contributed by atoms with Crippen molar-refractivity contribution in [2.45, 2.75) is 32.6 Å². The van der Waals surface area contributed by atoms with Crippen LogP contribution in [0, 0.1) is 11.3 Å². The normalized spacial score (nSPS) is 29.1. The molecule has 2 aliphatic carbocycles. The van der Waals surface area contributed by atoms with Gasteiger partial charge in [0.05, 0.1) is 6.61 Å². The summed E-state index contributed by atoms with van der Waals surface area (Å²) in [6.07, 6.45) is 2.65. The Morgan fingerprint density at radius 3 is 3.00 bits per heavy atom. The molecule has 4 nitrogen and oxygen atoms in total. The maximum absolute atomic E-state index is 11.5. The Morgan fingerprint density at radius 1 is 1.69 bits per heavy atom. The first kappa shape index (κ1) is 9.87. The van der Waals surface area contributed by atoms with Crippen molar-refractivity contribution in [3.8, 4) is 0 Å². The molecule has 1 heterocycles. The van der Waals surface area contributed by atoms with Gasteiger partial charge in [-0.25, -0.2) is 4.79 Å². The number of aromatic amines is 1. The van der Waals surface area contributed by atoms with Crippen molar-refractivity contribution < 1.29 is 9.53 Å². The molecule has 0 radical (unpaired) electrons. The minimum Gasteiger partial charge on any atom is -0.461 e. The summed E-state index contributed by atoms with van der Waals surface area (Å²) in [5.74, 6) is 0.995. The van der Waals surface area contributed by atoms with Crippen LogP contribution in [0.5, 0.6) is 0 Å². The second-order valence-corrected chi connectivity index (χ2v) is 4.93. The van der Waals surface area contributed by atoms with Crippen LogP contribution in [0.15, 0.2) is 6.07 Å². The van der Waals surface area contributed by atoms with Crippen molar-refractivity contribution in [3.05, 3.63) is 17.5 Å². The Balaban J connectivity index is 1.76. The predicted molar refractivity (Wildman–Crippen MR) is 58.1 cm³/mol. The second kappa shape index (κ2) is 3.09. The molecule has 2 fully saturated rings. The minimum absolute atomic E-state index is 0.330. The fourth-order valence-corrected chi connectivity index (χ4v) is 2.99. The lowest BCUT2D eigenvalue weighted by Gasteiger charge is -1.95. The lowest BCUT2D eigenvalue weighted by atomic mass is 10.2. The SMILES string of the molecule is CCOC(=O)c1cc([C@H]2C(C)C23CC3)[nH]n1. The summed E-state index contributed by atoms with van der Waals surface area (Å²) >= 11 is 0. The standard InChI is InChI=1S/C12H16N2O2/c1-3-16-11(15)9-6-8(13-14-9)10-7(2)12(10)4-5-12/h6-7,10H,3-5H2,1-2H3,(H,13,14)/t7?,10-/m1/s1. The zero-order valence-corrected chi connectivity index (χ0v) is 9.62. The molecule has 2 aliphatic rings. The molecule has 0 aromatic carbocycles. The zero-order valence-electron chi connectivity index (χ0n) is 9.62. The van der Waals surface area contributed by atoms with Gasteiger partial charge in [-0.3, -0.25) is 5.10 Å². The Labute approximate surface area is 94.4 Å². The first-order valence-electron chi connectivity index (χ1n) is 5.91. The van der Waals surface area contributed by atoms with Crippen LogP contribution in [0.1, 0.15) is 48.8 Å². The van der Waals surface area contributed by atoms with Gasteiger partial charge in [0.2, 0.25) is 0 Å². The molecule has 86 valence electrons. The first-order chi connectivity index (χ1) is 7.69. The lowest BCUT2D eigenvalue weighted by Crippen LogP contribution is -2.04. The average Bonchev–Trinajstić information content (AvgIpc) is 3.07. The summed E-state index contributed by atoms with van der Waals surface area (Å²) < 4.78 is 4.91. The number of rotatable bonds is 3. The fourth-order valence-electron chi connectivity index (χ4n) is 2.99. The molecule has 1 unspecified atom stereocenters. The highest BCUT2D eigenvalue weighted by Crippen LogP contribution is 2.78. The molecule has 1 aromatic heterocycles. The van der Waals surface area contributed by atoms with Gasteiger partial charge in [0.25, 0.3) is 0 Å². The van der Waals surface area contributed by atoms with Gasteiger partial charge in [-0.2, -0.15) is 5.10 Å². The molecule has 4 heteroatoms. The highest BCUT2D eigenvalue weighted by Gasteiger charge is 2.70. The molecule has 0 amide bonds. The van der Waals surface area contributed by atoms with E-state index in [-0.39, 0.29) is 5.97 Å². The number of aromatic nitrogens is 2. The quantitative estimate of drug-likeness (QED) is 0.794. The highest BCUT2D eigenvalue weighted by molar-refractivity contribution is 5.87. The highest BCUT2D eigenvalue weighted by atomic mass is 16.5. The lowest BCUT2D eigenvalue weighted by molar-refractivity contribution is 0.0519. The van der Waals surface area contributed by atoms with E-state index in [9.17, 15) is 4.79 Å². The van der Waals surface area contributed by atoms with Crippen molar-refractivity contribution in [1.82, 2.24) is 10.2 Å². The smallest absolute Gasteiger partial charge is 0.358 e. The number of hydrogen-bond acceptors (Lipinski definition) is 3. The number of H-pyrrole nitrogens is 1. The summed E-state index contributed by atoms with van der Waals surface area (Å²) in [5.41, 5.74) is 2.07. The number of carbonyl (C=O) groups excluding carboxylic acids is 1. The molecule has 0 bridgehead atoms. The molecular weight excluding hydrogens is 204 g/mol. The molecule has 1 spiro atoms. The molecule has 16 heavy (non-hydrogen) atoms. The van der Waals surface area contributed by atoms with E-state index in [1.165, 1.54) is 12.8 Å². The number of carbonyl (C=O) groups is 1. The third kappa shape index (κ3) is 1.22. The maximum Gasteiger partial charge on any atom is 0.358 e. The van der Waals surface area contributed by atoms with Gasteiger partial charge < -0.3 is 4.74 Å². The van der Waals surface area contributed by atoms with E-state index >= 15 is 0 Å². The third-order valence-electron chi connectivity index (χ3n) is 4.16. The number of ether oxygens (including phenoxy) is 1. The van der Waals surface area contributed by atoms with Crippen LogP contribution < -0.4 is 0 Å². The van der Waals surface area contributed by atoms with Crippen LogP contribution in [0.25, 0.3) is 0 Å². The van der Waals surface area contributed by atoms with Crippen LogP contribution >= 0.6 is 0 Å². The fraction of sp³-hybridized carbons (Fsp3) is 0.667. The van der Waals surface area contributed by atoms with E-state index in [1.807, 2.05) is 6.07 Å². The number of nitrogens with one attached hydrogen (secondary N) is 1. The molecule has 0 aliphatic heterocycles. The van der Waals surface area contributed by atoms with Crippen molar-refractivity contribution in [3.63, 3.8) is 0 Å². The Morgan fingerprint density at radius 2 is 2.44 bits per heavy atom. The Hall–Kier alpha value is -1.32. The number of nitrogens with zero attached hydrogens (tertiary/aromatic N) is 1. The van der Waals surface area contributed by atoms with Crippen LogP contribution in [-0.4, -0.2) is 22.8 Å². The van der Waals surface area contributed by atoms with Crippen molar-refractivity contribution in [2.75, 3.05) is 6.61 Å². The summed E-state index contributed by atoms with van der Waals surface area (Å²) in [5, 5.41) is 7.01. The molecule has 1 N–H and O–H groups in total. The van der Waals surface area contributed by atoms with Crippen LogP contribution in [-0.2, 0) is 4.74 Å². The Bertz CT molecular complexity index is 434. The average molecular weight is 220 g/mol. The molecule has 3 rings (SSSR count). The van der Waals surface area contributed by atoms with Gasteiger partial charge in [0.1, 0.15) is 0 Å². The van der Waals surface area contributed by atoms with Crippen LogP contribution in [0.4, 0.5) is 0 Å². The largest absolute Gasteiger partial charge is 0.461 e. The van der Waals surface area contributed by atoms with Gasteiger partial charge in [0.15, 0.2) is 5.69 Å².